The zero-order chi connectivity index (χ0) is 8.04. The molecule has 0 unspecified atom stereocenters. The van der Waals surface area contributed by atoms with Gasteiger partial charge in [0.2, 0.25) is 10.0 Å². The Bertz CT molecular complexity index is 214. The molecule has 0 aromatic rings. The van der Waals surface area contributed by atoms with Crippen LogP contribution in [0.25, 0.3) is 0 Å². The monoisotopic (exact) mass is 162 g/mol. The second-order valence-corrected chi connectivity index (χ2v) is 3.83. The molecule has 0 aromatic heterocycles. The number of sulfonamides is 1. The summed E-state index contributed by atoms with van der Waals surface area (Å²) in [6.07, 6.45) is 0.695. The molecule has 0 atom stereocenters. The number of hydrogen-bond acceptors (Lipinski definition) is 3. The predicted octanol–water partition coefficient (Wildman–Crippen LogP) is -0.161. The van der Waals surface area contributed by atoms with Gasteiger partial charge in [-0.15, -0.1) is 0 Å². The molecule has 0 heterocycles. The number of nitrogens with one attached hydrogen (secondary N) is 1. The van der Waals surface area contributed by atoms with Gasteiger partial charge in [-0.1, -0.05) is 0 Å². The summed E-state index contributed by atoms with van der Waals surface area (Å²) in [4.78, 5) is 0. The SMILES string of the molecule is CNS(=O)(=O)CCCC#N. The van der Waals surface area contributed by atoms with Crippen LogP contribution in [0, 0.1) is 11.3 Å². The lowest BCUT2D eigenvalue weighted by atomic mass is 10.4. The Morgan fingerprint density at radius 1 is 1.60 bits per heavy atom. The number of hydrogen-bond donors (Lipinski definition) is 1. The van der Waals surface area contributed by atoms with Gasteiger partial charge in [-0.3, -0.25) is 0 Å². The first kappa shape index (κ1) is 9.40. The van der Waals surface area contributed by atoms with Crippen molar-refractivity contribution in [3.8, 4) is 6.07 Å². The minimum atomic E-state index is -3.09. The summed E-state index contributed by atoms with van der Waals surface area (Å²) < 4.78 is 23.5. The van der Waals surface area contributed by atoms with E-state index in [2.05, 4.69) is 4.72 Å². The molecule has 0 aromatic carbocycles. The average molecular weight is 162 g/mol. The van der Waals surface area contributed by atoms with Gasteiger partial charge < -0.3 is 0 Å². The third-order valence-electron chi connectivity index (χ3n) is 1.01. The van der Waals surface area contributed by atoms with E-state index in [1.165, 1.54) is 7.05 Å². The molecule has 0 bridgehead atoms. The summed E-state index contributed by atoms with van der Waals surface area (Å²) in [5.41, 5.74) is 0. The van der Waals surface area contributed by atoms with E-state index in [1.807, 2.05) is 6.07 Å². The van der Waals surface area contributed by atoms with Crippen molar-refractivity contribution in [2.75, 3.05) is 12.8 Å². The van der Waals surface area contributed by atoms with Gasteiger partial charge in [0, 0.05) is 6.42 Å². The van der Waals surface area contributed by atoms with Gasteiger partial charge in [0.15, 0.2) is 0 Å². The van der Waals surface area contributed by atoms with Crippen molar-refractivity contribution in [1.29, 1.82) is 5.26 Å². The van der Waals surface area contributed by atoms with E-state index in [1.54, 1.807) is 0 Å². The largest absolute Gasteiger partial charge is 0.218 e. The molecule has 0 aliphatic rings. The Labute approximate surface area is 60.9 Å². The maximum atomic E-state index is 10.7. The quantitative estimate of drug-likeness (QED) is 0.584. The van der Waals surface area contributed by atoms with Crippen molar-refractivity contribution >= 4 is 10.0 Å². The molecule has 0 aliphatic carbocycles. The molecular formula is C5H10N2O2S. The fraction of sp³-hybridized carbons (Fsp3) is 0.800. The van der Waals surface area contributed by atoms with Gasteiger partial charge in [-0.25, -0.2) is 13.1 Å². The van der Waals surface area contributed by atoms with Gasteiger partial charge in [-0.05, 0) is 13.5 Å². The summed E-state index contributed by atoms with van der Waals surface area (Å²) in [5, 5.41) is 8.07. The van der Waals surface area contributed by atoms with E-state index in [0.29, 0.717) is 12.8 Å². The van der Waals surface area contributed by atoms with Crippen LogP contribution in [0.2, 0.25) is 0 Å². The summed E-state index contributed by atoms with van der Waals surface area (Å²) in [6, 6.07) is 1.87. The molecule has 0 fully saturated rings. The first-order chi connectivity index (χ1) is 4.62. The molecule has 0 rings (SSSR count). The molecule has 0 saturated carbocycles. The lowest BCUT2D eigenvalue weighted by Crippen LogP contribution is -2.21. The van der Waals surface area contributed by atoms with Crippen molar-refractivity contribution in [3.63, 3.8) is 0 Å². The lowest BCUT2D eigenvalue weighted by Gasteiger charge is -1.97. The van der Waals surface area contributed by atoms with Gasteiger partial charge >= 0.3 is 0 Å². The van der Waals surface area contributed by atoms with Crippen LogP contribution < -0.4 is 4.72 Å². The molecule has 0 spiro atoms. The van der Waals surface area contributed by atoms with Crippen LogP contribution in [-0.2, 0) is 10.0 Å². The fourth-order valence-corrected chi connectivity index (χ4v) is 1.17. The highest BCUT2D eigenvalue weighted by Crippen LogP contribution is 1.91. The van der Waals surface area contributed by atoms with Gasteiger partial charge in [0.25, 0.3) is 0 Å². The first-order valence-corrected chi connectivity index (χ1v) is 4.56. The summed E-state index contributed by atoms with van der Waals surface area (Å²) >= 11 is 0. The molecule has 0 amide bonds. The Balaban J connectivity index is 3.61. The van der Waals surface area contributed by atoms with Gasteiger partial charge in [-0.2, -0.15) is 5.26 Å². The third kappa shape index (κ3) is 4.30. The minimum absolute atomic E-state index is 0.0388. The highest BCUT2D eigenvalue weighted by atomic mass is 32.2. The summed E-state index contributed by atoms with van der Waals surface area (Å²) in [5.74, 6) is 0.0388. The van der Waals surface area contributed by atoms with E-state index in [4.69, 9.17) is 5.26 Å². The highest BCUT2D eigenvalue weighted by molar-refractivity contribution is 7.89. The van der Waals surface area contributed by atoms with E-state index in [-0.39, 0.29) is 5.75 Å². The molecule has 1 N–H and O–H groups in total. The number of rotatable bonds is 4. The van der Waals surface area contributed by atoms with Crippen LogP contribution in [0.3, 0.4) is 0 Å². The normalized spacial score (nSPS) is 10.8. The maximum absolute atomic E-state index is 10.7. The number of nitrogens with zero attached hydrogens (tertiary/aromatic N) is 1. The minimum Gasteiger partial charge on any atom is -0.218 e. The molecule has 58 valence electrons. The van der Waals surface area contributed by atoms with Crippen LogP contribution in [0.1, 0.15) is 12.8 Å². The predicted molar refractivity (Wildman–Crippen MR) is 37.7 cm³/mol. The molecule has 10 heavy (non-hydrogen) atoms. The van der Waals surface area contributed by atoms with Crippen LogP contribution in [0.15, 0.2) is 0 Å². The van der Waals surface area contributed by atoms with Gasteiger partial charge in [0.05, 0.1) is 11.8 Å². The Morgan fingerprint density at radius 3 is 2.60 bits per heavy atom. The molecular weight excluding hydrogens is 152 g/mol. The Kier molecular flexibility index (Phi) is 4.00. The van der Waals surface area contributed by atoms with Crippen molar-refractivity contribution < 1.29 is 8.42 Å². The third-order valence-corrected chi connectivity index (χ3v) is 2.46. The maximum Gasteiger partial charge on any atom is 0.211 e. The van der Waals surface area contributed by atoms with Crippen molar-refractivity contribution in [3.05, 3.63) is 0 Å². The Morgan fingerprint density at radius 2 is 2.20 bits per heavy atom. The van der Waals surface area contributed by atoms with Crippen molar-refractivity contribution in [2.45, 2.75) is 12.8 Å². The van der Waals surface area contributed by atoms with E-state index < -0.39 is 10.0 Å². The zero-order valence-electron chi connectivity index (χ0n) is 5.79. The molecule has 0 aliphatic heterocycles. The standard InChI is InChI=1S/C5H10N2O2S/c1-7-10(8,9)5-3-2-4-6/h7H,2-3,5H2,1H3. The summed E-state index contributed by atoms with van der Waals surface area (Å²) in [7, 11) is -1.73. The molecule has 5 heteroatoms. The second-order valence-electron chi connectivity index (χ2n) is 1.78. The summed E-state index contributed by atoms with van der Waals surface area (Å²) in [6.45, 7) is 0. The van der Waals surface area contributed by atoms with E-state index in [9.17, 15) is 8.42 Å². The Hall–Kier alpha value is -0.600. The smallest absolute Gasteiger partial charge is 0.211 e. The van der Waals surface area contributed by atoms with Crippen molar-refractivity contribution in [1.82, 2.24) is 4.72 Å². The highest BCUT2D eigenvalue weighted by Gasteiger charge is 2.04. The van der Waals surface area contributed by atoms with E-state index >= 15 is 0 Å². The zero-order valence-corrected chi connectivity index (χ0v) is 6.61. The molecule has 0 radical (unpaired) electrons. The topological polar surface area (TPSA) is 70.0 Å². The first-order valence-electron chi connectivity index (χ1n) is 2.90. The fourth-order valence-electron chi connectivity index (χ4n) is 0.443. The molecule has 4 nitrogen and oxygen atoms in total. The van der Waals surface area contributed by atoms with Crippen molar-refractivity contribution in [2.24, 2.45) is 0 Å². The van der Waals surface area contributed by atoms with Gasteiger partial charge in [0.1, 0.15) is 0 Å². The van der Waals surface area contributed by atoms with E-state index in [0.717, 1.165) is 0 Å². The van der Waals surface area contributed by atoms with Crippen LogP contribution >= 0.6 is 0 Å². The average Bonchev–Trinajstić information content (AvgIpc) is 1.89. The van der Waals surface area contributed by atoms with Crippen LogP contribution in [-0.4, -0.2) is 21.2 Å². The van der Waals surface area contributed by atoms with Crippen LogP contribution in [0.4, 0.5) is 0 Å². The number of unbranched alkanes of at least 4 members (excludes halogenated alkanes) is 1. The van der Waals surface area contributed by atoms with Crippen LogP contribution in [0.5, 0.6) is 0 Å². The molecule has 0 saturated heterocycles. The number of nitriles is 1. The lowest BCUT2D eigenvalue weighted by molar-refractivity contribution is 0.586. The second kappa shape index (κ2) is 4.25.